The minimum absolute atomic E-state index is 0.0734. The molecule has 0 spiro atoms. The molecule has 4 heteroatoms. The minimum atomic E-state index is -0.810. The van der Waals surface area contributed by atoms with E-state index in [9.17, 15) is 4.79 Å². The van der Waals surface area contributed by atoms with E-state index in [-0.39, 0.29) is 12.5 Å². The van der Waals surface area contributed by atoms with Crippen LogP contribution in [-0.4, -0.2) is 30.8 Å². The highest BCUT2D eigenvalue weighted by atomic mass is 16.5. The van der Waals surface area contributed by atoms with Crippen LogP contribution >= 0.6 is 0 Å². The van der Waals surface area contributed by atoms with Gasteiger partial charge in [-0.3, -0.25) is 4.79 Å². The molecule has 0 heterocycles. The molecule has 1 aromatic carbocycles. The van der Waals surface area contributed by atoms with Crippen molar-refractivity contribution in [2.24, 2.45) is 0 Å². The van der Waals surface area contributed by atoms with Gasteiger partial charge in [0, 0.05) is 12.6 Å². The van der Waals surface area contributed by atoms with E-state index in [1.54, 1.807) is 13.2 Å². The van der Waals surface area contributed by atoms with E-state index < -0.39 is 5.97 Å². The van der Waals surface area contributed by atoms with E-state index >= 15 is 0 Å². The molecule has 0 aliphatic heterocycles. The molecule has 0 amide bonds. The third-order valence-corrected chi connectivity index (χ3v) is 3.14. The smallest absolute Gasteiger partial charge is 0.304 e. The fraction of sp³-hybridized carbons (Fsp3) is 0.438. The summed E-state index contributed by atoms with van der Waals surface area (Å²) in [5, 5.41) is 12.2. The van der Waals surface area contributed by atoms with Gasteiger partial charge >= 0.3 is 5.97 Å². The van der Waals surface area contributed by atoms with Crippen LogP contribution in [0.2, 0.25) is 0 Å². The number of hydrogen-bond donors (Lipinski definition) is 2. The summed E-state index contributed by atoms with van der Waals surface area (Å²) in [6.45, 7) is 8.26. The Labute approximate surface area is 120 Å². The Morgan fingerprint density at radius 3 is 2.75 bits per heavy atom. The first-order valence-electron chi connectivity index (χ1n) is 6.68. The van der Waals surface area contributed by atoms with Gasteiger partial charge in [0.1, 0.15) is 5.75 Å². The van der Waals surface area contributed by atoms with Gasteiger partial charge in [-0.1, -0.05) is 23.8 Å². The number of hydrogen-bond acceptors (Lipinski definition) is 3. The van der Waals surface area contributed by atoms with Gasteiger partial charge in [-0.05, 0) is 31.4 Å². The molecule has 1 aromatic rings. The predicted octanol–water partition coefficient (Wildman–Crippen LogP) is 2.47. The van der Waals surface area contributed by atoms with E-state index in [0.29, 0.717) is 13.0 Å². The Balaban J connectivity index is 2.96. The summed E-state index contributed by atoms with van der Waals surface area (Å²) in [5.74, 6) is 0.0290. The van der Waals surface area contributed by atoms with Gasteiger partial charge in [0.15, 0.2) is 0 Å². The SMILES string of the molecule is C=CCNC(CC(=O)O)Cc1cc(C)cc(C)c1OC. The molecule has 0 radical (unpaired) electrons. The summed E-state index contributed by atoms with van der Waals surface area (Å²) < 4.78 is 5.45. The fourth-order valence-corrected chi connectivity index (χ4v) is 2.43. The van der Waals surface area contributed by atoms with E-state index in [0.717, 1.165) is 22.4 Å². The lowest BCUT2D eigenvalue weighted by Crippen LogP contribution is -2.33. The van der Waals surface area contributed by atoms with E-state index in [1.807, 2.05) is 13.8 Å². The van der Waals surface area contributed by atoms with Crippen LogP contribution in [-0.2, 0) is 11.2 Å². The molecule has 2 N–H and O–H groups in total. The molecule has 20 heavy (non-hydrogen) atoms. The molecule has 0 aliphatic rings. The largest absolute Gasteiger partial charge is 0.496 e. The van der Waals surface area contributed by atoms with Crippen LogP contribution in [0.25, 0.3) is 0 Å². The number of benzene rings is 1. The highest BCUT2D eigenvalue weighted by Crippen LogP contribution is 2.26. The normalized spacial score (nSPS) is 11.9. The standard InChI is InChI=1S/C16H23NO3/c1-5-6-17-14(10-15(18)19)9-13-8-11(2)7-12(3)16(13)20-4/h5,7-8,14,17H,1,6,9-10H2,2-4H3,(H,18,19). The van der Waals surface area contributed by atoms with Crippen molar-refractivity contribution in [1.82, 2.24) is 5.32 Å². The van der Waals surface area contributed by atoms with Crippen LogP contribution in [0.3, 0.4) is 0 Å². The number of aliphatic carboxylic acids is 1. The molecule has 1 rings (SSSR count). The number of carboxylic acid groups (broad SMARTS) is 1. The highest BCUT2D eigenvalue weighted by Gasteiger charge is 2.16. The molecule has 4 nitrogen and oxygen atoms in total. The number of ether oxygens (including phenoxy) is 1. The number of nitrogens with one attached hydrogen (secondary N) is 1. The van der Waals surface area contributed by atoms with Crippen molar-refractivity contribution in [3.8, 4) is 5.75 Å². The summed E-state index contributed by atoms with van der Waals surface area (Å²) in [4.78, 5) is 11.0. The molecule has 0 bridgehead atoms. The van der Waals surface area contributed by atoms with Gasteiger partial charge in [-0.2, -0.15) is 0 Å². The molecular weight excluding hydrogens is 254 g/mol. The summed E-state index contributed by atoms with van der Waals surface area (Å²) in [6.07, 6.45) is 2.42. The van der Waals surface area contributed by atoms with Crippen molar-refractivity contribution < 1.29 is 14.6 Å². The number of aryl methyl sites for hydroxylation is 2. The van der Waals surface area contributed by atoms with Gasteiger partial charge in [0.05, 0.1) is 13.5 Å². The van der Waals surface area contributed by atoms with Crippen molar-refractivity contribution >= 4 is 5.97 Å². The number of carboxylic acids is 1. The third kappa shape index (κ3) is 4.70. The molecule has 1 unspecified atom stereocenters. The lowest BCUT2D eigenvalue weighted by Gasteiger charge is -2.19. The van der Waals surface area contributed by atoms with E-state index in [2.05, 4.69) is 24.0 Å². The lowest BCUT2D eigenvalue weighted by molar-refractivity contribution is -0.137. The maximum Gasteiger partial charge on any atom is 0.304 e. The first-order chi connectivity index (χ1) is 9.47. The van der Waals surface area contributed by atoms with Crippen molar-refractivity contribution in [2.45, 2.75) is 32.7 Å². The van der Waals surface area contributed by atoms with Crippen molar-refractivity contribution in [2.75, 3.05) is 13.7 Å². The van der Waals surface area contributed by atoms with Crippen LogP contribution in [0.15, 0.2) is 24.8 Å². The second-order valence-corrected chi connectivity index (χ2v) is 4.97. The summed E-state index contributed by atoms with van der Waals surface area (Å²) in [6, 6.07) is 3.97. The van der Waals surface area contributed by atoms with Crippen LogP contribution in [0.4, 0.5) is 0 Å². The average Bonchev–Trinajstić information content (AvgIpc) is 2.34. The molecule has 0 saturated carbocycles. The van der Waals surface area contributed by atoms with E-state index in [1.165, 1.54) is 0 Å². The number of carbonyl (C=O) groups is 1. The molecule has 0 aromatic heterocycles. The second kappa shape index (κ2) is 7.70. The van der Waals surface area contributed by atoms with Gasteiger partial charge in [-0.15, -0.1) is 6.58 Å². The first kappa shape index (κ1) is 16.2. The fourth-order valence-electron chi connectivity index (χ4n) is 2.43. The number of methoxy groups -OCH3 is 1. The van der Waals surface area contributed by atoms with Gasteiger partial charge in [0.25, 0.3) is 0 Å². The van der Waals surface area contributed by atoms with E-state index in [4.69, 9.17) is 9.84 Å². The van der Waals surface area contributed by atoms with Crippen LogP contribution in [0.5, 0.6) is 5.75 Å². The molecule has 0 saturated heterocycles. The van der Waals surface area contributed by atoms with Crippen molar-refractivity contribution in [3.63, 3.8) is 0 Å². The van der Waals surface area contributed by atoms with Crippen molar-refractivity contribution in [3.05, 3.63) is 41.5 Å². The molecule has 110 valence electrons. The quantitative estimate of drug-likeness (QED) is 0.717. The molecule has 0 aliphatic carbocycles. The Kier molecular flexibility index (Phi) is 6.25. The zero-order valence-electron chi connectivity index (χ0n) is 12.4. The monoisotopic (exact) mass is 277 g/mol. The minimum Gasteiger partial charge on any atom is -0.496 e. The molecular formula is C16H23NO3. The van der Waals surface area contributed by atoms with Crippen molar-refractivity contribution in [1.29, 1.82) is 0 Å². The van der Waals surface area contributed by atoms with Crippen LogP contribution in [0.1, 0.15) is 23.1 Å². The predicted molar refractivity (Wildman–Crippen MR) is 80.4 cm³/mol. The summed E-state index contributed by atoms with van der Waals surface area (Å²) >= 11 is 0. The highest BCUT2D eigenvalue weighted by molar-refractivity contribution is 5.67. The Morgan fingerprint density at radius 2 is 2.20 bits per heavy atom. The average molecular weight is 277 g/mol. The Hall–Kier alpha value is -1.81. The topological polar surface area (TPSA) is 58.6 Å². The summed E-state index contributed by atoms with van der Waals surface area (Å²) in [5.41, 5.74) is 3.25. The summed E-state index contributed by atoms with van der Waals surface area (Å²) in [7, 11) is 1.64. The van der Waals surface area contributed by atoms with Gasteiger partial charge in [0.2, 0.25) is 0 Å². The van der Waals surface area contributed by atoms with Crippen LogP contribution < -0.4 is 10.1 Å². The van der Waals surface area contributed by atoms with Gasteiger partial charge in [-0.25, -0.2) is 0 Å². The first-order valence-corrected chi connectivity index (χ1v) is 6.68. The van der Waals surface area contributed by atoms with Gasteiger partial charge < -0.3 is 15.2 Å². The maximum atomic E-state index is 11.0. The lowest BCUT2D eigenvalue weighted by atomic mass is 9.98. The molecule has 0 fully saturated rings. The van der Waals surface area contributed by atoms with Crippen LogP contribution in [0, 0.1) is 13.8 Å². The Bertz CT molecular complexity index is 483. The molecule has 1 atom stereocenters. The zero-order chi connectivity index (χ0) is 15.1. The maximum absolute atomic E-state index is 11.0. The third-order valence-electron chi connectivity index (χ3n) is 3.14. The second-order valence-electron chi connectivity index (χ2n) is 4.97. The zero-order valence-corrected chi connectivity index (χ0v) is 12.4. The Morgan fingerprint density at radius 1 is 1.50 bits per heavy atom. The number of rotatable bonds is 8.